The average Bonchev–Trinajstić information content (AvgIpc) is 3.18. The molecule has 0 radical (unpaired) electrons. The number of thiophene rings is 1. The molecule has 1 aromatic heterocycles. The number of aliphatic hydroxyl groups is 1. The minimum absolute atomic E-state index is 0.366. The highest BCUT2D eigenvalue weighted by molar-refractivity contribution is 7.10. The van der Waals surface area contributed by atoms with Gasteiger partial charge in [0.15, 0.2) is 0 Å². The van der Waals surface area contributed by atoms with E-state index in [1.54, 1.807) is 11.3 Å². The molecule has 0 saturated heterocycles. The van der Waals surface area contributed by atoms with Crippen LogP contribution in [0, 0.1) is 0 Å². The predicted molar refractivity (Wildman–Crippen MR) is 106 cm³/mol. The standard InChI is InChI=1S/C22H25NOS/c1-18(17-19-9-4-2-5-10-19)23-15-14-22(24,21-13-8-16-25-21)20-11-6-3-7-12-20/h2-13,16,18,23-24H,14-15,17H2,1H3. The van der Waals surface area contributed by atoms with Crippen molar-refractivity contribution in [3.05, 3.63) is 94.2 Å². The van der Waals surface area contributed by atoms with Crippen LogP contribution in [0.5, 0.6) is 0 Å². The highest BCUT2D eigenvalue weighted by Gasteiger charge is 2.32. The van der Waals surface area contributed by atoms with E-state index >= 15 is 0 Å². The van der Waals surface area contributed by atoms with E-state index in [4.69, 9.17) is 0 Å². The average molecular weight is 352 g/mol. The van der Waals surface area contributed by atoms with Gasteiger partial charge in [-0.2, -0.15) is 0 Å². The van der Waals surface area contributed by atoms with E-state index in [0.717, 1.165) is 23.4 Å². The Bertz CT molecular complexity index is 742. The zero-order valence-electron chi connectivity index (χ0n) is 14.6. The Balaban J connectivity index is 1.64. The molecular weight excluding hydrogens is 326 g/mol. The van der Waals surface area contributed by atoms with E-state index in [9.17, 15) is 5.11 Å². The van der Waals surface area contributed by atoms with Gasteiger partial charge in [0.25, 0.3) is 0 Å². The third-order valence-electron chi connectivity index (χ3n) is 4.54. The lowest BCUT2D eigenvalue weighted by molar-refractivity contribution is 0.0742. The van der Waals surface area contributed by atoms with Gasteiger partial charge >= 0.3 is 0 Å². The number of hydrogen-bond donors (Lipinski definition) is 2. The summed E-state index contributed by atoms with van der Waals surface area (Å²) in [7, 11) is 0. The fourth-order valence-corrected chi connectivity index (χ4v) is 4.05. The molecule has 0 fully saturated rings. The smallest absolute Gasteiger partial charge is 0.125 e. The summed E-state index contributed by atoms with van der Waals surface area (Å²) in [5.74, 6) is 0. The van der Waals surface area contributed by atoms with Crippen LogP contribution in [-0.4, -0.2) is 17.7 Å². The van der Waals surface area contributed by atoms with Crippen LogP contribution in [0.3, 0.4) is 0 Å². The number of benzene rings is 2. The predicted octanol–water partition coefficient (Wildman–Crippen LogP) is 4.59. The molecule has 3 rings (SSSR count). The Kier molecular flexibility index (Phi) is 6.03. The van der Waals surface area contributed by atoms with Crippen LogP contribution in [0.25, 0.3) is 0 Å². The summed E-state index contributed by atoms with van der Waals surface area (Å²) >= 11 is 1.61. The maximum Gasteiger partial charge on any atom is 0.125 e. The van der Waals surface area contributed by atoms with Gasteiger partial charge in [0.1, 0.15) is 5.60 Å². The summed E-state index contributed by atoms with van der Waals surface area (Å²) in [6.07, 6.45) is 1.64. The molecule has 2 aromatic carbocycles. The molecule has 0 saturated carbocycles. The Hall–Kier alpha value is -1.94. The van der Waals surface area contributed by atoms with Crippen LogP contribution in [0.1, 0.15) is 29.3 Å². The van der Waals surface area contributed by atoms with Crippen molar-refractivity contribution < 1.29 is 5.11 Å². The van der Waals surface area contributed by atoms with Gasteiger partial charge in [-0.3, -0.25) is 0 Å². The normalized spacial score (nSPS) is 14.8. The Morgan fingerprint density at radius 2 is 1.64 bits per heavy atom. The van der Waals surface area contributed by atoms with Gasteiger partial charge < -0.3 is 10.4 Å². The van der Waals surface area contributed by atoms with E-state index in [1.165, 1.54) is 5.56 Å². The van der Waals surface area contributed by atoms with E-state index in [1.807, 2.05) is 53.9 Å². The second-order valence-corrected chi connectivity index (χ2v) is 7.45. The fourth-order valence-electron chi connectivity index (χ4n) is 3.18. The fraction of sp³-hybridized carbons (Fsp3) is 0.273. The number of rotatable bonds is 8. The van der Waals surface area contributed by atoms with Crippen molar-refractivity contribution in [2.24, 2.45) is 0 Å². The van der Waals surface area contributed by atoms with Crippen LogP contribution in [0.15, 0.2) is 78.2 Å². The molecule has 3 aromatic rings. The van der Waals surface area contributed by atoms with Crippen molar-refractivity contribution in [3.8, 4) is 0 Å². The third-order valence-corrected chi connectivity index (χ3v) is 5.57. The monoisotopic (exact) mass is 351 g/mol. The maximum absolute atomic E-state index is 11.4. The molecule has 2 unspecified atom stereocenters. The molecule has 0 amide bonds. The second-order valence-electron chi connectivity index (χ2n) is 6.50. The highest BCUT2D eigenvalue weighted by atomic mass is 32.1. The lowest BCUT2D eigenvalue weighted by Crippen LogP contribution is -2.35. The van der Waals surface area contributed by atoms with Crippen molar-refractivity contribution in [1.29, 1.82) is 0 Å². The lowest BCUT2D eigenvalue weighted by atomic mass is 9.88. The summed E-state index contributed by atoms with van der Waals surface area (Å²) in [5.41, 5.74) is 1.35. The lowest BCUT2D eigenvalue weighted by Gasteiger charge is -2.28. The molecule has 2 N–H and O–H groups in total. The molecule has 0 aliphatic heterocycles. The van der Waals surface area contributed by atoms with Gasteiger partial charge in [-0.25, -0.2) is 0 Å². The van der Waals surface area contributed by atoms with Gasteiger partial charge in [-0.15, -0.1) is 11.3 Å². The quantitative estimate of drug-likeness (QED) is 0.622. The number of hydrogen-bond acceptors (Lipinski definition) is 3. The molecule has 2 atom stereocenters. The highest BCUT2D eigenvalue weighted by Crippen LogP contribution is 2.35. The molecule has 130 valence electrons. The first-order valence-electron chi connectivity index (χ1n) is 8.78. The van der Waals surface area contributed by atoms with E-state index in [2.05, 4.69) is 36.5 Å². The summed E-state index contributed by atoms with van der Waals surface area (Å²) in [6, 6.07) is 24.9. The van der Waals surface area contributed by atoms with E-state index < -0.39 is 5.60 Å². The third kappa shape index (κ3) is 4.57. The first-order chi connectivity index (χ1) is 12.2. The van der Waals surface area contributed by atoms with Crippen LogP contribution in [-0.2, 0) is 12.0 Å². The summed E-state index contributed by atoms with van der Waals surface area (Å²) in [6.45, 7) is 2.96. The zero-order valence-corrected chi connectivity index (χ0v) is 15.4. The molecule has 1 heterocycles. The summed E-state index contributed by atoms with van der Waals surface area (Å²) in [5, 5.41) is 17.0. The van der Waals surface area contributed by atoms with Gasteiger partial charge in [0.2, 0.25) is 0 Å². The first-order valence-corrected chi connectivity index (χ1v) is 9.65. The topological polar surface area (TPSA) is 32.3 Å². The first kappa shape index (κ1) is 17.9. The molecule has 0 spiro atoms. The van der Waals surface area contributed by atoms with E-state index in [-0.39, 0.29) is 0 Å². The molecule has 0 aliphatic rings. The van der Waals surface area contributed by atoms with Crippen LogP contribution >= 0.6 is 11.3 Å². The molecule has 0 bridgehead atoms. The van der Waals surface area contributed by atoms with Crippen molar-refractivity contribution >= 4 is 11.3 Å². The van der Waals surface area contributed by atoms with E-state index in [0.29, 0.717) is 12.5 Å². The molecule has 25 heavy (non-hydrogen) atoms. The van der Waals surface area contributed by atoms with Crippen LogP contribution < -0.4 is 5.32 Å². The number of nitrogens with one attached hydrogen (secondary N) is 1. The molecule has 3 heteroatoms. The van der Waals surface area contributed by atoms with Crippen molar-refractivity contribution in [2.75, 3.05) is 6.54 Å². The Morgan fingerprint density at radius 1 is 0.960 bits per heavy atom. The SMILES string of the molecule is CC(Cc1ccccc1)NCCC(O)(c1ccccc1)c1cccs1. The Labute approximate surface area is 154 Å². The molecule has 0 aliphatic carbocycles. The van der Waals surface area contributed by atoms with Gasteiger partial charge in [0.05, 0.1) is 0 Å². The molecular formula is C22H25NOS. The van der Waals surface area contributed by atoms with Gasteiger partial charge in [-0.1, -0.05) is 66.7 Å². The Morgan fingerprint density at radius 3 is 2.28 bits per heavy atom. The van der Waals surface area contributed by atoms with Crippen molar-refractivity contribution in [2.45, 2.75) is 31.4 Å². The van der Waals surface area contributed by atoms with Crippen molar-refractivity contribution in [3.63, 3.8) is 0 Å². The zero-order chi connectivity index (χ0) is 17.5. The minimum atomic E-state index is -0.936. The van der Waals surface area contributed by atoms with Gasteiger partial charge in [0, 0.05) is 10.9 Å². The largest absolute Gasteiger partial charge is 0.379 e. The second kappa shape index (κ2) is 8.43. The van der Waals surface area contributed by atoms with Crippen LogP contribution in [0.4, 0.5) is 0 Å². The summed E-state index contributed by atoms with van der Waals surface area (Å²) in [4.78, 5) is 0.996. The minimum Gasteiger partial charge on any atom is -0.379 e. The van der Waals surface area contributed by atoms with Gasteiger partial charge in [-0.05, 0) is 48.9 Å². The maximum atomic E-state index is 11.4. The molecule has 2 nitrogen and oxygen atoms in total. The van der Waals surface area contributed by atoms with Crippen molar-refractivity contribution in [1.82, 2.24) is 5.32 Å². The summed E-state index contributed by atoms with van der Waals surface area (Å²) < 4.78 is 0. The van der Waals surface area contributed by atoms with Crippen LogP contribution in [0.2, 0.25) is 0 Å².